The summed E-state index contributed by atoms with van der Waals surface area (Å²) in [5.41, 5.74) is 4.59. The highest BCUT2D eigenvalue weighted by Crippen LogP contribution is 2.26. The van der Waals surface area contributed by atoms with Crippen molar-refractivity contribution in [3.63, 3.8) is 0 Å². The summed E-state index contributed by atoms with van der Waals surface area (Å²) in [5.74, 6) is 0.893. The summed E-state index contributed by atoms with van der Waals surface area (Å²) in [4.78, 5) is 0. The third-order valence-electron chi connectivity index (χ3n) is 3.03. The molecule has 0 saturated heterocycles. The number of benzene rings is 2. The van der Waals surface area contributed by atoms with Crippen LogP contribution in [0.5, 0.6) is 5.75 Å². The molecule has 2 aromatic carbocycles. The van der Waals surface area contributed by atoms with Gasteiger partial charge in [-0.3, -0.25) is 0 Å². The molecule has 0 fully saturated rings. The van der Waals surface area contributed by atoms with E-state index in [-0.39, 0.29) is 5.60 Å². The molecule has 2 nitrogen and oxygen atoms in total. The van der Waals surface area contributed by atoms with E-state index in [2.05, 4.69) is 58.1 Å². The third-order valence-corrected chi connectivity index (χ3v) is 3.03. The van der Waals surface area contributed by atoms with Crippen molar-refractivity contribution in [2.75, 3.05) is 5.32 Å². The van der Waals surface area contributed by atoms with Crippen LogP contribution >= 0.6 is 0 Å². The highest BCUT2D eigenvalue weighted by molar-refractivity contribution is 5.66. The Balaban J connectivity index is 2.15. The van der Waals surface area contributed by atoms with Gasteiger partial charge in [-0.15, -0.1) is 0 Å². The average molecular weight is 269 g/mol. The first-order chi connectivity index (χ1) is 9.35. The summed E-state index contributed by atoms with van der Waals surface area (Å²) < 4.78 is 5.83. The Bertz CT molecular complexity index is 559. The summed E-state index contributed by atoms with van der Waals surface area (Å²) in [6.45, 7) is 10.4. The Kier molecular flexibility index (Phi) is 4.03. The third kappa shape index (κ3) is 3.77. The minimum absolute atomic E-state index is 0.165. The Morgan fingerprint density at radius 1 is 0.850 bits per heavy atom. The molecule has 2 heteroatoms. The molecular weight excluding hydrogens is 246 g/mol. The zero-order valence-corrected chi connectivity index (χ0v) is 12.9. The lowest BCUT2D eigenvalue weighted by atomic mass is 10.1. The quantitative estimate of drug-likeness (QED) is 0.824. The molecule has 0 aliphatic carbocycles. The predicted molar refractivity (Wildman–Crippen MR) is 86.0 cm³/mol. The Hall–Kier alpha value is -1.96. The van der Waals surface area contributed by atoms with Crippen LogP contribution in [0.15, 0.2) is 42.5 Å². The van der Waals surface area contributed by atoms with Crippen molar-refractivity contribution in [1.82, 2.24) is 0 Å². The van der Waals surface area contributed by atoms with Gasteiger partial charge in [-0.25, -0.2) is 0 Å². The summed E-state index contributed by atoms with van der Waals surface area (Å²) >= 11 is 0. The molecule has 0 heterocycles. The Labute approximate surface area is 121 Å². The van der Waals surface area contributed by atoms with Crippen molar-refractivity contribution >= 4 is 11.4 Å². The van der Waals surface area contributed by atoms with E-state index in [1.807, 2.05) is 24.3 Å². The highest BCUT2D eigenvalue weighted by atomic mass is 16.5. The van der Waals surface area contributed by atoms with E-state index >= 15 is 0 Å². The normalized spacial score (nSPS) is 11.2. The van der Waals surface area contributed by atoms with Gasteiger partial charge in [-0.05, 0) is 70.0 Å². The maximum absolute atomic E-state index is 5.83. The molecule has 0 saturated carbocycles. The monoisotopic (exact) mass is 269 g/mol. The molecule has 0 radical (unpaired) electrons. The van der Waals surface area contributed by atoms with Crippen LogP contribution < -0.4 is 10.1 Å². The van der Waals surface area contributed by atoms with Crippen LogP contribution in [0.1, 0.15) is 31.9 Å². The predicted octanol–water partition coefficient (Wildman–Crippen LogP) is 5.22. The summed E-state index contributed by atoms with van der Waals surface area (Å²) in [7, 11) is 0. The van der Waals surface area contributed by atoms with Crippen LogP contribution in [0.4, 0.5) is 11.4 Å². The van der Waals surface area contributed by atoms with Crippen molar-refractivity contribution in [2.45, 2.75) is 40.2 Å². The van der Waals surface area contributed by atoms with Gasteiger partial charge in [-0.1, -0.05) is 18.2 Å². The van der Waals surface area contributed by atoms with Crippen LogP contribution in [0.2, 0.25) is 0 Å². The minimum atomic E-state index is -0.165. The van der Waals surface area contributed by atoms with Gasteiger partial charge in [0.25, 0.3) is 0 Å². The summed E-state index contributed by atoms with van der Waals surface area (Å²) in [6.07, 6.45) is 0. The van der Waals surface area contributed by atoms with E-state index < -0.39 is 0 Å². The van der Waals surface area contributed by atoms with Crippen molar-refractivity contribution in [2.24, 2.45) is 0 Å². The van der Waals surface area contributed by atoms with Crippen LogP contribution in [-0.4, -0.2) is 5.60 Å². The second kappa shape index (κ2) is 5.58. The molecule has 1 N–H and O–H groups in total. The number of ether oxygens (including phenoxy) is 1. The second-order valence-corrected chi connectivity index (χ2v) is 6.13. The number of nitrogens with one attached hydrogen (secondary N) is 1. The largest absolute Gasteiger partial charge is 0.488 e. The van der Waals surface area contributed by atoms with E-state index in [4.69, 9.17) is 4.74 Å². The topological polar surface area (TPSA) is 21.3 Å². The van der Waals surface area contributed by atoms with Gasteiger partial charge in [0.05, 0.1) is 0 Å². The fourth-order valence-corrected chi connectivity index (χ4v) is 2.12. The van der Waals surface area contributed by atoms with Crippen molar-refractivity contribution in [3.05, 3.63) is 53.6 Å². The highest BCUT2D eigenvalue weighted by Gasteiger charge is 2.11. The van der Waals surface area contributed by atoms with Crippen LogP contribution in [-0.2, 0) is 0 Å². The van der Waals surface area contributed by atoms with E-state index in [9.17, 15) is 0 Å². The van der Waals surface area contributed by atoms with Crippen molar-refractivity contribution in [3.8, 4) is 5.75 Å². The molecule has 0 unspecified atom stereocenters. The van der Waals surface area contributed by atoms with Gasteiger partial charge in [0.1, 0.15) is 11.4 Å². The average Bonchev–Trinajstić information content (AvgIpc) is 2.34. The fraction of sp³-hybridized carbons (Fsp3) is 0.333. The number of hydrogen-bond acceptors (Lipinski definition) is 2. The smallest absolute Gasteiger partial charge is 0.120 e. The fourth-order valence-electron chi connectivity index (χ4n) is 2.12. The lowest BCUT2D eigenvalue weighted by Gasteiger charge is -2.21. The molecule has 0 aliphatic rings. The van der Waals surface area contributed by atoms with Crippen molar-refractivity contribution < 1.29 is 4.74 Å². The van der Waals surface area contributed by atoms with Gasteiger partial charge >= 0.3 is 0 Å². The number of para-hydroxylation sites is 1. The van der Waals surface area contributed by atoms with E-state index in [1.54, 1.807) is 0 Å². The molecule has 2 aromatic rings. The maximum atomic E-state index is 5.83. The molecule has 2 rings (SSSR count). The molecule has 0 bridgehead atoms. The standard InChI is InChI=1S/C18H23NO/c1-13-7-6-8-14(2)17(13)19-15-9-11-16(12-10-15)20-18(3,4)5/h6-12,19H,1-5H3. The van der Waals surface area contributed by atoms with E-state index in [0.29, 0.717) is 0 Å². The number of rotatable bonds is 3. The summed E-state index contributed by atoms with van der Waals surface area (Å²) in [6, 6.07) is 14.4. The number of hydrogen-bond donors (Lipinski definition) is 1. The molecule has 20 heavy (non-hydrogen) atoms. The lowest BCUT2D eigenvalue weighted by molar-refractivity contribution is 0.131. The SMILES string of the molecule is Cc1cccc(C)c1Nc1ccc(OC(C)(C)C)cc1. The minimum Gasteiger partial charge on any atom is -0.488 e. The first kappa shape index (κ1) is 14.4. The van der Waals surface area contributed by atoms with Crippen LogP contribution in [0.25, 0.3) is 0 Å². The zero-order chi connectivity index (χ0) is 14.8. The van der Waals surface area contributed by atoms with Gasteiger partial charge in [-0.2, -0.15) is 0 Å². The lowest BCUT2D eigenvalue weighted by Crippen LogP contribution is -2.22. The molecule has 0 atom stereocenters. The van der Waals surface area contributed by atoms with E-state index in [1.165, 1.54) is 16.8 Å². The maximum Gasteiger partial charge on any atom is 0.120 e. The van der Waals surface area contributed by atoms with Crippen molar-refractivity contribution in [1.29, 1.82) is 0 Å². The Morgan fingerprint density at radius 2 is 1.40 bits per heavy atom. The second-order valence-electron chi connectivity index (χ2n) is 6.13. The molecule has 0 aromatic heterocycles. The zero-order valence-electron chi connectivity index (χ0n) is 12.9. The molecule has 0 amide bonds. The summed E-state index contributed by atoms with van der Waals surface area (Å²) in [5, 5.41) is 3.47. The Morgan fingerprint density at radius 3 is 1.90 bits per heavy atom. The van der Waals surface area contributed by atoms with Gasteiger partial charge in [0.15, 0.2) is 0 Å². The first-order valence-electron chi connectivity index (χ1n) is 6.97. The van der Waals surface area contributed by atoms with Gasteiger partial charge in [0, 0.05) is 11.4 Å². The van der Waals surface area contributed by atoms with Crippen LogP contribution in [0, 0.1) is 13.8 Å². The van der Waals surface area contributed by atoms with Crippen LogP contribution in [0.3, 0.4) is 0 Å². The number of anilines is 2. The first-order valence-corrected chi connectivity index (χ1v) is 6.97. The molecule has 0 spiro atoms. The van der Waals surface area contributed by atoms with E-state index in [0.717, 1.165) is 11.4 Å². The number of aryl methyl sites for hydroxylation is 2. The molecule has 106 valence electrons. The van der Waals surface area contributed by atoms with Gasteiger partial charge < -0.3 is 10.1 Å². The van der Waals surface area contributed by atoms with Gasteiger partial charge in [0.2, 0.25) is 0 Å². The molecule has 0 aliphatic heterocycles. The molecular formula is C18H23NO.